The molecule has 64 valence electrons. The molecule has 1 saturated heterocycles. The van der Waals surface area contributed by atoms with Crippen LogP contribution in [0.25, 0.3) is 0 Å². The van der Waals surface area contributed by atoms with E-state index in [2.05, 4.69) is 5.32 Å². The highest BCUT2D eigenvalue weighted by Crippen LogP contribution is 2.32. The molecule has 0 unspecified atom stereocenters. The summed E-state index contributed by atoms with van der Waals surface area (Å²) in [7, 11) is 0. The maximum absolute atomic E-state index is 3.51. The average molecular weight is 153 g/mol. The van der Waals surface area contributed by atoms with Crippen LogP contribution in [0.1, 0.15) is 38.5 Å². The molecule has 2 aliphatic rings. The van der Waals surface area contributed by atoms with Crippen molar-refractivity contribution in [3.63, 3.8) is 0 Å². The summed E-state index contributed by atoms with van der Waals surface area (Å²) in [5.41, 5.74) is 0. The number of nitrogens with one attached hydrogen (secondary N) is 1. The van der Waals surface area contributed by atoms with Crippen molar-refractivity contribution in [2.24, 2.45) is 11.8 Å². The molecule has 1 aliphatic carbocycles. The molecule has 1 nitrogen and oxygen atoms in total. The van der Waals surface area contributed by atoms with Crippen molar-refractivity contribution in [3.8, 4) is 0 Å². The number of hydrogen-bond donors (Lipinski definition) is 1. The van der Waals surface area contributed by atoms with E-state index in [1.165, 1.54) is 51.6 Å². The van der Waals surface area contributed by atoms with Crippen molar-refractivity contribution in [2.75, 3.05) is 13.1 Å². The average Bonchev–Trinajstić information content (AvgIpc) is 2.28. The zero-order chi connectivity index (χ0) is 7.52. The number of rotatable bonds is 0. The SMILES string of the molecule is C1CC[C@@H]2CCNC[C@@H]2CC1. The summed E-state index contributed by atoms with van der Waals surface area (Å²) >= 11 is 0. The van der Waals surface area contributed by atoms with Gasteiger partial charge in [0.15, 0.2) is 0 Å². The minimum absolute atomic E-state index is 1.03. The van der Waals surface area contributed by atoms with Crippen LogP contribution in [0.15, 0.2) is 0 Å². The first-order chi connectivity index (χ1) is 5.47. The van der Waals surface area contributed by atoms with Crippen LogP contribution in [-0.2, 0) is 0 Å². The third-order valence-corrected chi connectivity index (χ3v) is 3.41. The molecule has 1 heteroatoms. The predicted octanol–water partition coefficient (Wildman–Crippen LogP) is 2.18. The molecule has 1 heterocycles. The Morgan fingerprint density at radius 3 is 2.55 bits per heavy atom. The van der Waals surface area contributed by atoms with Crippen LogP contribution in [0.3, 0.4) is 0 Å². The molecule has 2 fully saturated rings. The van der Waals surface area contributed by atoms with Crippen molar-refractivity contribution in [1.29, 1.82) is 0 Å². The summed E-state index contributed by atoms with van der Waals surface area (Å²) in [6.45, 7) is 2.59. The molecule has 0 aromatic rings. The van der Waals surface area contributed by atoms with Crippen LogP contribution in [0, 0.1) is 11.8 Å². The molecular weight excluding hydrogens is 134 g/mol. The Morgan fingerprint density at radius 2 is 1.64 bits per heavy atom. The van der Waals surface area contributed by atoms with Crippen molar-refractivity contribution >= 4 is 0 Å². The van der Waals surface area contributed by atoms with Crippen LogP contribution in [-0.4, -0.2) is 13.1 Å². The van der Waals surface area contributed by atoms with Crippen LogP contribution in [0.2, 0.25) is 0 Å². The summed E-state index contributed by atoms with van der Waals surface area (Å²) in [4.78, 5) is 0. The molecule has 1 N–H and O–H groups in total. The first-order valence-corrected chi connectivity index (χ1v) is 5.17. The first kappa shape index (κ1) is 7.60. The van der Waals surface area contributed by atoms with Gasteiger partial charge in [0.05, 0.1) is 0 Å². The second-order valence-electron chi connectivity index (χ2n) is 4.15. The molecule has 0 bridgehead atoms. The van der Waals surface area contributed by atoms with Gasteiger partial charge in [-0.3, -0.25) is 0 Å². The Balaban J connectivity index is 1.93. The Morgan fingerprint density at radius 1 is 0.818 bits per heavy atom. The van der Waals surface area contributed by atoms with Gasteiger partial charge in [0, 0.05) is 0 Å². The zero-order valence-electron chi connectivity index (χ0n) is 7.31. The van der Waals surface area contributed by atoms with E-state index >= 15 is 0 Å². The van der Waals surface area contributed by atoms with Gasteiger partial charge in [-0.2, -0.15) is 0 Å². The minimum Gasteiger partial charge on any atom is -0.316 e. The number of fused-ring (bicyclic) bond motifs is 1. The highest BCUT2D eigenvalue weighted by atomic mass is 14.9. The molecule has 0 spiro atoms. The summed E-state index contributed by atoms with van der Waals surface area (Å²) in [5, 5.41) is 3.51. The van der Waals surface area contributed by atoms with Gasteiger partial charge in [0.25, 0.3) is 0 Å². The topological polar surface area (TPSA) is 12.0 Å². The van der Waals surface area contributed by atoms with Gasteiger partial charge in [0.1, 0.15) is 0 Å². The molecule has 0 aromatic carbocycles. The molecular formula is C10H19N. The molecule has 11 heavy (non-hydrogen) atoms. The van der Waals surface area contributed by atoms with Gasteiger partial charge in [-0.1, -0.05) is 25.7 Å². The van der Waals surface area contributed by atoms with E-state index in [4.69, 9.17) is 0 Å². The summed E-state index contributed by atoms with van der Waals surface area (Å²) in [6, 6.07) is 0. The first-order valence-electron chi connectivity index (χ1n) is 5.17. The number of hydrogen-bond acceptors (Lipinski definition) is 1. The highest BCUT2D eigenvalue weighted by molar-refractivity contribution is 4.79. The van der Waals surface area contributed by atoms with E-state index in [0.29, 0.717) is 0 Å². The minimum atomic E-state index is 1.03. The maximum atomic E-state index is 3.51. The number of piperidine rings is 1. The summed E-state index contributed by atoms with van der Waals surface area (Å²) in [6.07, 6.45) is 8.95. The fourth-order valence-corrected chi connectivity index (χ4v) is 2.68. The monoisotopic (exact) mass is 153 g/mol. The Bertz CT molecular complexity index is 108. The van der Waals surface area contributed by atoms with E-state index in [9.17, 15) is 0 Å². The molecule has 1 aliphatic heterocycles. The van der Waals surface area contributed by atoms with Gasteiger partial charge in [-0.15, -0.1) is 0 Å². The van der Waals surface area contributed by atoms with Gasteiger partial charge < -0.3 is 5.32 Å². The van der Waals surface area contributed by atoms with Crippen LogP contribution >= 0.6 is 0 Å². The van der Waals surface area contributed by atoms with Crippen molar-refractivity contribution in [1.82, 2.24) is 5.32 Å². The normalized spacial score (nSPS) is 39.3. The largest absolute Gasteiger partial charge is 0.316 e. The molecule has 0 aromatic heterocycles. The Kier molecular flexibility index (Phi) is 2.47. The van der Waals surface area contributed by atoms with Crippen LogP contribution in [0.4, 0.5) is 0 Å². The Hall–Kier alpha value is -0.0400. The van der Waals surface area contributed by atoms with Crippen molar-refractivity contribution in [3.05, 3.63) is 0 Å². The van der Waals surface area contributed by atoms with E-state index in [0.717, 1.165) is 11.8 Å². The van der Waals surface area contributed by atoms with Gasteiger partial charge in [-0.25, -0.2) is 0 Å². The lowest BCUT2D eigenvalue weighted by atomic mass is 9.83. The van der Waals surface area contributed by atoms with E-state index in [1.54, 1.807) is 0 Å². The molecule has 2 rings (SSSR count). The van der Waals surface area contributed by atoms with Crippen molar-refractivity contribution < 1.29 is 0 Å². The van der Waals surface area contributed by atoms with Crippen molar-refractivity contribution in [2.45, 2.75) is 38.5 Å². The second-order valence-corrected chi connectivity index (χ2v) is 4.15. The standard InChI is InChI=1S/C10H19N/c1-2-4-9-6-7-11-8-10(9)5-3-1/h9-11H,1-8H2/t9-,10+/m1/s1. The second kappa shape index (κ2) is 3.57. The van der Waals surface area contributed by atoms with Gasteiger partial charge in [-0.05, 0) is 37.8 Å². The summed E-state index contributed by atoms with van der Waals surface area (Å²) < 4.78 is 0. The van der Waals surface area contributed by atoms with Gasteiger partial charge >= 0.3 is 0 Å². The fraction of sp³-hybridized carbons (Fsp3) is 1.00. The third-order valence-electron chi connectivity index (χ3n) is 3.41. The quantitative estimate of drug-likeness (QED) is 0.562. The Labute approximate surface area is 69.6 Å². The fourth-order valence-electron chi connectivity index (χ4n) is 2.68. The van der Waals surface area contributed by atoms with E-state index < -0.39 is 0 Å². The van der Waals surface area contributed by atoms with E-state index in [-0.39, 0.29) is 0 Å². The van der Waals surface area contributed by atoms with Crippen LogP contribution < -0.4 is 5.32 Å². The molecule has 1 saturated carbocycles. The maximum Gasteiger partial charge on any atom is -0.00179 e. The van der Waals surface area contributed by atoms with E-state index in [1.807, 2.05) is 0 Å². The lowest BCUT2D eigenvalue weighted by molar-refractivity contribution is 0.241. The highest BCUT2D eigenvalue weighted by Gasteiger charge is 2.25. The zero-order valence-corrected chi connectivity index (χ0v) is 7.31. The predicted molar refractivity (Wildman–Crippen MR) is 47.6 cm³/mol. The third kappa shape index (κ3) is 1.76. The lowest BCUT2D eigenvalue weighted by Gasteiger charge is -2.30. The molecule has 0 amide bonds. The molecule has 0 radical (unpaired) electrons. The van der Waals surface area contributed by atoms with Gasteiger partial charge in [0.2, 0.25) is 0 Å². The lowest BCUT2D eigenvalue weighted by Crippen LogP contribution is -2.35. The molecule has 2 atom stereocenters. The smallest absolute Gasteiger partial charge is 0.00179 e. The van der Waals surface area contributed by atoms with Crippen LogP contribution in [0.5, 0.6) is 0 Å². The summed E-state index contributed by atoms with van der Waals surface area (Å²) in [5.74, 6) is 2.12.